The molecule has 47 heavy (non-hydrogen) atoms. The molecule has 0 atom stereocenters. The number of carbonyl (C=O) groups is 2. The molecule has 0 spiro atoms. The Balaban J connectivity index is 1.15. The van der Waals surface area contributed by atoms with Crippen LogP contribution < -0.4 is 16.0 Å². The number of nitrogens with zero attached hydrogens (tertiary/aromatic N) is 1. The lowest BCUT2D eigenvalue weighted by molar-refractivity contribution is 0.0901. The van der Waals surface area contributed by atoms with Gasteiger partial charge in [0.05, 0.1) is 17.3 Å². The minimum atomic E-state index is -0.263. The van der Waals surface area contributed by atoms with Gasteiger partial charge >= 0.3 is 6.03 Å². The van der Waals surface area contributed by atoms with Crippen LogP contribution >= 0.6 is 0 Å². The number of carbonyl (C=O) groups excluding carboxylic acids is 2. The minimum Gasteiger partial charge on any atom is -0.349 e. The van der Waals surface area contributed by atoms with E-state index in [4.69, 9.17) is 0 Å². The van der Waals surface area contributed by atoms with Gasteiger partial charge in [0.1, 0.15) is 0 Å². The van der Waals surface area contributed by atoms with Crippen molar-refractivity contribution in [1.82, 2.24) is 15.5 Å². The normalized spacial score (nSPS) is 14.2. The highest BCUT2D eigenvalue weighted by Gasteiger charge is 2.28. The first-order valence-corrected chi connectivity index (χ1v) is 18.1. The Hall–Kier alpha value is -3.64. The first kappa shape index (κ1) is 36.2. The number of para-hydroxylation sites is 1. The molecule has 3 aromatic carbocycles. The van der Waals surface area contributed by atoms with E-state index >= 15 is 0 Å². The molecule has 0 saturated carbocycles. The number of benzene rings is 3. The van der Waals surface area contributed by atoms with E-state index in [0.29, 0.717) is 23.2 Å². The number of hydrogen-bond acceptors (Lipinski definition) is 3. The Kier molecular flexibility index (Phi) is 14.8. The molecule has 0 aromatic heterocycles. The second-order valence-corrected chi connectivity index (χ2v) is 14.0. The van der Waals surface area contributed by atoms with Gasteiger partial charge in [-0.1, -0.05) is 145 Å². The summed E-state index contributed by atoms with van der Waals surface area (Å²) in [5, 5.41) is 9.13. The molecule has 1 aliphatic rings. The number of unbranched alkanes of at least 4 members (excludes halogenated alkanes) is 7. The summed E-state index contributed by atoms with van der Waals surface area (Å²) in [5.74, 6) is -0.143. The Labute approximate surface area is 284 Å². The maximum atomic E-state index is 13.4. The highest BCUT2D eigenvalue weighted by molar-refractivity contribution is 6.03. The molecule has 3 N–H and O–H groups in total. The van der Waals surface area contributed by atoms with Gasteiger partial charge < -0.3 is 16.0 Å². The number of anilines is 1. The molecule has 4 rings (SSSR count). The molecule has 0 bridgehead atoms. The summed E-state index contributed by atoms with van der Waals surface area (Å²) < 4.78 is 0. The van der Waals surface area contributed by atoms with Crippen molar-refractivity contribution in [3.8, 4) is 0 Å². The van der Waals surface area contributed by atoms with Crippen LogP contribution in [0.5, 0.6) is 0 Å². The zero-order chi connectivity index (χ0) is 33.3. The molecule has 0 radical (unpaired) electrons. The van der Waals surface area contributed by atoms with Crippen LogP contribution in [0.2, 0.25) is 0 Å². The number of hydrogen-bond donors (Lipinski definition) is 3. The van der Waals surface area contributed by atoms with Crippen LogP contribution in [0.4, 0.5) is 10.5 Å². The fourth-order valence-corrected chi connectivity index (χ4v) is 6.57. The van der Waals surface area contributed by atoms with Crippen LogP contribution in [0.1, 0.15) is 125 Å². The Morgan fingerprint density at radius 3 is 1.87 bits per heavy atom. The summed E-state index contributed by atoms with van der Waals surface area (Å²) in [7, 11) is 0. The predicted molar refractivity (Wildman–Crippen MR) is 196 cm³/mol. The van der Waals surface area contributed by atoms with Gasteiger partial charge in [-0.25, -0.2) is 4.79 Å². The molecule has 1 fully saturated rings. The highest BCUT2D eigenvalue weighted by Crippen LogP contribution is 2.31. The zero-order valence-electron chi connectivity index (χ0n) is 29.1. The fourth-order valence-electron chi connectivity index (χ4n) is 6.57. The van der Waals surface area contributed by atoms with E-state index in [9.17, 15) is 9.59 Å². The number of urea groups is 1. The largest absolute Gasteiger partial charge is 0.349 e. The second kappa shape index (κ2) is 19.2. The van der Waals surface area contributed by atoms with E-state index in [0.717, 1.165) is 38.8 Å². The molecule has 3 amide bonds. The molecule has 0 unspecified atom stereocenters. The summed E-state index contributed by atoms with van der Waals surface area (Å²) in [6.07, 6.45) is 14.2. The number of amides is 3. The lowest BCUT2D eigenvalue weighted by atomic mass is 9.84. The molecule has 6 heteroatoms. The third kappa shape index (κ3) is 12.2. The van der Waals surface area contributed by atoms with Crippen molar-refractivity contribution in [2.24, 2.45) is 5.41 Å². The Morgan fingerprint density at radius 2 is 1.28 bits per heavy atom. The summed E-state index contributed by atoms with van der Waals surface area (Å²) in [6.45, 7) is 9.44. The average molecular weight is 639 g/mol. The standard InChI is InChI=1S/C41H58N4O2/c1-4-41(2,3)29-19-9-7-5-6-8-10-20-30-42-40(47)44-37-26-18-17-25-36(37)39(46)43-35-27-31-45(32-28-35)38(33-21-13-11-14-22-33)34-23-15-12-16-24-34/h11-18,21-26,35,38H,4-10,19-20,27-32H2,1-3H3,(H,43,46)(H2,42,44,47). The molecule has 254 valence electrons. The van der Waals surface area contributed by atoms with E-state index in [1.54, 1.807) is 12.1 Å². The molecule has 0 aliphatic carbocycles. The maximum Gasteiger partial charge on any atom is 0.319 e. The van der Waals surface area contributed by atoms with Crippen molar-refractivity contribution < 1.29 is 9.59 Å². The van der Waals surface area contributed by atoms with E-state index in [-0.39, 0.29) is 24.0 Å². The molecule has 1 saturated heterocycles. The molecular formula is C41H58N4O2. The third-order valence-corrected chi connectivity index (χ3v) is 9.90. The summed E-state index contributed by atoms with van der Waals surface area (Å²) in [5.41, 5.74) is 4.09. The number of nitrogens with one attached hydrogen (secondary N) is 3. The SMILES string of the molecule is CCC(C)(C)CCCCCCCCCCNC(=O)Nc1ccccc1C(=O)NC1CCN(C(c2ccccc2)c2ccccc2)CC1. The van der Waals surface area contributed by atoms with E-state index in [2.05, 4.69) is 102 Å². The quantitative estimate of drug-likeness (QED) is 0.121. The van der Waals surface area contributed by atoms with Gasteiger partial charge in [0.2, 0.25) is 0 Å². The van der Waals surface area contributed by atoms with Gasteiger partial charge in [-0.05, 0) is 54.4 Å². The Morgan fingerprint density at radius 1 is 0.745 bits per heavy atom. The van der Waals surface area contributed by atoms with Gasteiger partial charge in [-0.3, -0.25) is 9.69 Å². The molecule has 1 aliphatic heterocycles. The van der Waals surface area contributed by atoms with Gasteiger partial charge in [0.15, 0.2) is 0 Å². The van der Waals surface area contributed by atoms with Crippen LogP contribution in [-0.4, -0.2) is 42.5 Å². The third-order valence-electron chi connectivity index (χ3n) is 9.90. The minimum absolute atomic E-state index is 0.0843. The number of likely N-dealkylation sites (tertiary alicyclic amines) is 1. The Bertz CT molecular complexity index is 1300. The van der Waals surface area contributed by atoms with Crippen LogP contribution in [0.3, 0.4) is 0 Å². The van der Waals surface area contributed by atoms with Crippen LogP contribution in [0.25, 0.3) is 0 Å². The fraction of sp³-hybridized carbons (Fsp3) is 0.512. The first-order chi connectivity index (χ1) is 22.9. The van der Waals surface area contributed by atoms with E-state index in [1.165, 1.54) is 62.5 Å². The van der Waals surface area contributed by atoms with Crippen molar-refractivity contribution in [1.29, 1.82) is 0 Å². The number of rotatable bonds is 18. The summed E-state index contributed by atoms with van der Waals surface area (Å²) in [4.78, 5) is 28.6. The topological polar surface area (TPSA) is 73.5 Å². The molecule has 6 nitrogen and oxygen atoms in total. The predicted octanol–water partition coefficient (Wildman–Crippen LogP) is 9.74. The lowest BCUT2D eigenvalue weighted by Gasteiger charge is -2.38. The van der Waals surface area contributed by atoms with Crippen molar-refractivity contribution >= 4 is 17.6 Å². The second-order valence-electron chi connectivity index (χ2n) is 14.0. The van der Waals surface area contributed by atoms with Crippen molar-refractivity contribution in [3.63, 3.8) is 0 Å². The smallest absolute Gasteiger partial charge is 0.319 e. The summed E-state index contributed by atoms with van der Waals surface area (Å²) >= 11 is 0. The van der Waals surface area contributed by atoms with Crippen molar-refractivity contribution in [3.05, 3.63) is 102 Å². The average Bonchev–Trinajstić information content (AvgIpc) is 3.09. The highest BCUT2D eigenvalue weighted by atomic mass is 16.2. The first-order valence-electron chi connectivity index (χ1n) is 18.1. The van der Waals surface area contributed by atoms with Gasteiger partial charge in [-0.2, -0.15) is 0 Å². The van der Waals surface area contributed by atoms with Gasteiger partial charge in [0, 0.05) is 25.7 Å². The number of piperidine rings is 1. The van der Waals surface area contributed by atoms with Gasteiger partial charge in [-0.15, -0.1) is 0 Å². The van der Waals surface area contributed by atoms with Crippen LogP contribution in [0, 0.1) is 5.41 Å². The maximum absolute atomic E-state index is 13.4. The molecular weight excluding hydrogens is 580 g/mol. The lowest BCUT2D eigenvalue weighted by Crippen LogP contribution is -2.46. The summed E-state index contributed by atoms with van der Waals surface area (Å²) in [6, 6.07) is 28.6. The van der Waals surface area contributed by atoms with E-state index in [1.807, 2.05) is 12.1 Å². The monoisotopic (exact) mass is 638 g/mol. The van der Waals surface area contributed by atoms with Crippen molar-refractivity contribution in [2.75, 3.05) is 25.0 Å². The molecule has 3 aromatic rings. The van der Waals surface area contributed by atoms with Crippen LogP contribution in [-0.2, 0) is 0 Å². The molecule has 1 heterocycles. The van der Waals surface area contributed by atoms with E-state index < -0.39 is 0 Å². The van der Waals surface area contributed by atoms with Gasteiger partial charge in [0.25, 0.3) is 5.91 Å². The van der Waals surface area contributed by atoms with Crippen LogP contribution in [0.15, 0.2) is 84.9 Å². The zero-order valence-corrected chi connectivity index (χ0v) is 29.1. The van der Waals surface area contributed by atoms with Crippen molar-refractivity contribution in [2.45, 2.75) is 110 Å².